The molecule has 1 aliphatic rings. The molecular formula is C24H28FN5O. The predicted octanol–water partition coefficient (Wildman–Crippen LogP) is 3.84. The minimum absolute atomic E-state index is 0.171. The Morgan fingerprint density at radius 3 is 2.61 bits per heavy atom. The quantitative estimate of drug-likeness (QED) is 0.657. The molecule has 0 spiro atoms. The summed E-state index contributed by atoms with van der Waals surface area (Å²) in [5.74, 6) is -0.458. The van der Waals surface area contributed by atoms with Gasteiger partial charge in [-0.2, -0.15) is 5.10 Å². The van der Waals surface area contributed by atoms with E-state index < -0.39 is 0 Å². The topological polar surface area (TPSA) is 63.1 Å². The Balaban J connectivity index is 1.44. The third kappa shape index (κ3) is 4.82. The molecule has 31 heavy (non-hydrogen) atoms. The smallest absolute Gasteiger partial charge is 0.253 e. The highest BCUT2D eigenvalue weighted by molar-refractivity contribution is 5.95. The molecule has 1 atom stereocenters. The van der Waals surface area contributed by atoms with Crippen molar-refractivity contribution in [1.29, 1.82) is 0 Å². The van der Waals surface area contributed by atoms with Gasteiger partial charge in [0.25, 0.3) is 5.91 Å². The summed E-state index contributed by atoms with van der Waals surface area (Å²) >= 11 is 0. The van der Waals surface area contributed by atoms with E-state index in [9.17, 15) is 9.18 Å². The molecule has 0 aliphatic carbocycles. The van der Waals surface area contributed by atoms with Crippen molar-refractivity contribution in [3.8, 4) is 0 Å². The normalized spacial score (nSPS) is 16.6. The van der Waals surface area contributed by atoms with Crippen molar-refractivity contribution in [2.45, 2.75) is 45.8 Å². The zero-order valence-corrected chi connectivity index (χ0v) is 18.2. The van der Waals surface area contributed by atoms with Crippen LogP contribution in [0.25, 0.3) is 0 Å². The van der Waals surface area contributed by atoms with E-state index >= 15 is 0 Å². The number of benzene rings is 1. The van der Waals surface area contributed by atoms with Crippen LogP contribution in [0.5, 0.6) is 0 Å². The van der Waals surface area contributed by atoms with Gasteiger partial charge in [-0.05, 0) is 63.1 Å². The van der Waals surface area contributed by atoms with E-state index in [1.165, 1.54) is 17.7 Å². The number of nitrogens with zero attached hydrogens (tertiary/aromatic N) is 4. The first-order valence-electron chi connectivity index (χ1n) is 10.6. The molecule has 2 aromatic heterocycles. The molecule has 1 amide bonds. The first kappa shape index (κ1) is 21.2. The zero-order valence-electron chi connectivity index (χ0n) is 18.2. The maximum atomic E-state index is 13.0. The number of likely N-dealkylation sites (tertiary alicyclic amines) is 1. The fraction of sp³-hybridized carbons (Fsp3) is 0.375. The second-order valence-electron chi connectivity index (χ2n) is 8.22. The molecule has 1 fully saturated rings. The molecule has 1 N–H and O–H groups in total. The van der Waals surface area contributed by atoms with Crippen LogP contribution in [0.15, 0.2) is 42.6 Å². The summed E-state index contributed by atoms with van der Waals surface area (Å²) in [6.07, 6.45) is 4.27. The molecule has 3 heterocycles. The number of aromatic nitrogens is 3. The van der Waals surface area contributed by atoms with Gasteiger partial charge >= 0.3 is 0 Å². The van der Waals surface area contributed by atoms with E-state index in [1.807, 2.05) is 37.7 Å². The summed E-state index contributed by atoms with van der Waals surface area (Å²) in [5.41, 5.74) is 5.45. The van der Waals surface area contributed by atoms with Crippen LogP contribution in [0.4, 0.5) is 4.39 Å². The molecular weight excluding hydrogens is 393 g/mol. The largest absolute Gasteiger partial charge is 0.348 e. The van der Waals surface area contributed by atoms with Gasteiger partial charge in [-0.25, -0.2) is 4.39 Å². The lowest BCUT2D eigenvalue weighted by molar-refractivity contribution is 0.0949. The van der Waals surface area contributed by atoms with Gasteiger partial charge in [0, 0.05) is 31.9 Å². The minimum atomic E-state index is -0.287. The third-order valence-electron chi connectivity index (χ3n) is 5.91. The number of rotatable bonds is 6. The Morgan fingerprint density at radius 1 is 1.16 bits per heavy atom. The standard InChI is InChI=1S/C24H28FN5O/c1-16-19(14-29(3)28-16)15-30-12-4-5-23(30)22-11-10-21(17(2)27-22)24(31)26-13-18-6-8-20(25)9-7-18/h6-11,14,23H,4-5,12-13,15H2,1-3H3,(H,26,31)/t23-/m1/s1. The molecule has 1 aromatic carbocycles. The van der Waals surface area contributed by atoms with Crippen molar-refractivity contribution in [3.05, 3.63) is 82.2 Å². The lowest BCUT2D eigenvalue weighted by Crippen LogP contribution is -2.26. The zero-order chi connectivity index (χ0) is 22.0. The predicted molar refractivity (Wildman–Crippen MR) is 117 cm³/mol. The summed E-state index contributed by atoms with van der Waals surface area (Å²) in [4.78, 5) is 19.9. The number of carbonyl (C=O) groups excluding carboxylic acids is 1. The number of amides is 1. The Labute approximate surface area is 182 Å². The van der Waals surface area contributed by atoms with Crippen molar-refractivity contribution >= 4 is 5.91 Å². The van der Waals surface area contributed by atoms with Crippen LogP contribution in [0.2, 0.25) is 0 Å². The molecule has 3 aromatic rings. The molecule has 162 valence electrons. The Bertz CT molecular complexity index is 1080. The van der Waals surface area contributed by atoms with E-state index in [4.69, 9.17) is 4.98 Å². The Hall–Kier alpha value is -3.06. The fourth-order valence-corrected chi connectivity index (χ4v) is 4.26. The van der Waals surface area contributed by atoms with E-state index in [2.05, 4.69) is 21.5 Å². The highest BCUT2D eigenvalue weighted by Crippen LogP contribution is 2.33. The molecule has 0 saturated carbocycles. The summed E-state index contributed by atoms with van der Waals surface area (Å²) in [6.45, 7) is 6.15. The van der Waals surface area contributed by atoms with Crippen molar-refractivity contribution < 1.29 is 9.18 Å². The van der Waals surface area contributed by atoms with Gasteiger partial charge < -0.3 is 5.32 Å². The molecule has 1 saturated heterocycles. The molecule has 4 rings (SSSR count). The maximum Gasteiger partial charge on any atom is 0.253 e. The van der Waals surface area contributed by atoms with Crippen LogP contribution in [0.3, 0.4) is 0 Å². The minimum Gasteiger partial charge on any atom is -0.348 e. The van der Waals surface area contributed by atoms with Gasteiger partial charge in [-0.3, -0.25) is 19.4 Å². The van der Waals surface area contributed by atoms with Gasteiger partial charge in [0.2, 0.25) is 0 Å². The highest BCUT2D eigenvalue weighted by Gasteiger charge is 2.28. The third-order valence-corrected chi connectivity index (χ3v) is 5.91. The van der Waals surface area contributed by atoms with Crippen molar-refractivity contribution in [2.24, 2.45) is 7.05 Å². The average Bonchev–Trinajstić information content (AvgIpc) is 3.33. The number of hydrogen-bond donors (Lipinski definition) is 1. The summed E-state index contributed by atoms with van der Waals surface area (Å²) in [7, 11) is 1.95. The van der Waals surface area contributed by atoms with Crippen LogP contribution < -0.4 is 5.32 Å². The average molecular weight is 422 g/mol. The molecule has 6 nitrogen and oxygen atoms in total. The number of nitrogens with one attached hydrogen (secondary N) is 1. The monoisotopic (exact) mass is 421 g/mol. The maximum absolute atomic E-state index is 13.0. The van der Waals surface area contributed by atoms with Crippen LogP contribution in [-0.4, -0.2) is 32.1 Å². The Kier molecular flexibility index (Phi) is 6.13. The number of halogens is 1. The van der Waals surface area contributed by atoms with Crippen LogP contribution in [0, 0.1) is 19.7 Å². The first-order chi connectivity index (χ1) is 14.9. The highest BCUT2D eigenvalue weighted by atomic mass is 19.1. The molecule has 7 heteroatoms. The Morgan fingerprint density at radius 2 is 1.94 bits per heavy atom. The molecule has 1 aliphatic heterocycles. The van der Waals surface area contributed by atoms with Gasteiger partial charge in [-0.15, -0.1) is 0 Å². The summed E-state index contributed by atoms with van der Waals surface area (Å²) < 4.78 is 14.9. The van der Waals surface area contributed by atoms with E-state index in [-0.39, 0.29) is 17.8 Å². The summed E-state index contributed by atoms with van der Waals surface area (Å²) in [6, 6.07) is 10.2. The summed E-state index contributed by atoms with van der Waals surface area (Å²) in [5, 5.41) is 7.34. The van der Waals surface area contributed by atoms with Crippen LogP contribution in [0.1, 0.15) is 57.5 Å². The van der Waals surface area contributed by atoms with E-state index in [1.54, 1.807) is 12.1 Å². The number of hydrogen-bond acceptors (Lipinski definition) is 4. The molecule has 0 bridgehead atoms. The fourth-order valence-electron chi connectivity index (χ4n) is 4.26. The SMILES string of the molecule is Cc1nn(C)cc1CN1CCC[C@@H]1c1ccc(C(=O)NCc2ccc(F)cc2)c(C)n1. The lowest BCUT2D eigenvalue weighted by atomic mass is 10.1. The molecule has 0 unspecified atom stereocenters. The van der Waals surface area contributed by atoms with Crippen molar-refractivity contribution in [1.82, 2.24) is 25.0 Å². The van der Waals surface area contributed by atoms with Gasteiger partial charge in [0.05, 0.1) is 28.7 Å². The second kappa shape index (κ2) is 8.98. The van der Waals surface area contributed by atoms with Crippen LogP contribution >= 0.6 is 0 Å². The van der Waals surface area contributed by atoms with Gasteiger partial charge in [0.1, 0.15) is 5.82 Å². The number of carbonyl (C=O) groups is 1. The van der Waals surface area contributed by atoms with Crippen LogP contribution in [-0.2, 0) is 20.1 Å². The van der Waals surface area contributed by atoms with E-state index in [0.717, 1.165) is 48.6 Å². The molecule has 0 radical (unpaired) electrons. The number of aryl methyl sites for hydroxylation is 3. The van der Waals surface area contributed by atoms with E-state index in [0.29, 0.717) is 12.1 Å². The first-order valence-corrected chi connectivity index (χ1v) is 10.6. The van der Waals surface area contributed by atoms with Crippen molar-refractivity contribution in [2.75, 3.05) is 6.54 Å². The second-order valence-corrected chi connectivity index (χ2v) is 8.22. The van der Waals surface area contributed by atoms with Gasteiger partial charge in [-0.1, -0.05) is 12.1 Å². The van der Waals surface area contributed by atoms with Crippen molar-refractivity contribution in [3.63, 3.8) is 0 Å². The number of pyridine rings is 1. The lowest BCUT2D eigenvalue weighted by Gasteiger charge is -2.24. The van der Waals surface area contributed by atoms with Gasteiger partial charge in [0.15, 0.2) is 0 Å².